The smallest absolute Gasteiger partial charge is 0.0924 e. The average Bonchev–Trinajstić information content (AvgIpc) is 2.88. The van der Waals surface area contributed by atoms with E-state index in [0.29, 0.717) is 0 Å². The van der Waals surface area contributed by atoms with Gasteiger partial charge in [0.2, 0.25) is 0 Å². The first kappa shape index (κ1) is 8.53. The van der Waals surface area contributed by atoms with Crippen molar-refractivity contribution in [2.45, 2.75) is 6.42 Å². The van der Waals surface area contributed by atoms with Gasteiger partial charge in [0.15, 0.2) is 0 Å². The Labute approximate surface area is 88.8 Å². The van der Waals surface area contributed by atoms with Crippen molar-refractivity contribution in [2.75, 3.05) is 18.5 Å². The van der Waals surface area contributed by atoms with Crippen molar-refractivity contribution in [3.63, 3.8) is 0 Å². The number of fused-ring (bicyclic) bond motifs is 1. The molecule has 0 fully saturated rings. The summed E-state index contributed by atoms with van der Waals surface area (Å²) >= 11 is 0. The summed E-state index contributed by atoms with van der Waals surface area (Å²) in [4.78, 5) is 9.47. The summed E-state index contributed by atoms with van der Waals surface area (Å²) in [5, 5.41) is 0. The molecule has 0 radical (unpaired) electrons. The third-order valence-corrected chi connectivity index (χ3v) is 3.02. The number of rotatable bonds is 1. The molecule has 0 aliphatic carbocycles. The molecule has 3 heteroatoms. The largest absolute Gasteiger partial charge is 0.374 e. The van der Waals surface area contributed by atoms with Crippen LogP contribution in [0, 0.1) is 0 Å². The van der Waals surface area contributed by atoms with Crippen molar-refractivity contribution in [2.24, 2.45) is 0 Å². The first-order chi connectivity index (χ1) is 7.34. The Balaban J connectivity index is 2.07. The molecule has 1 aliphatic heterocycles. The van der Waals surface area contributed by atoms with Gasteiger partial charge in [-0.3, -0.25) is 0 Å². The molecule has 1 aromatic carbocycles. The Hall–Kier alpha value is -1.77. The molecule has 1 aromatic heterocycles. The molecular weight excluding hydrogens is 186 g/mol. The Morgan fingerprint density at radius 1 is 1.40 bits per heavy atom. The first-order valence-corrected chi connectivity index (χ1v) is 5.17. The monoisotopic (exact) mass is 199 g/mol. The number of benzene rings is 1. The second-order valence-corrected chi connectivity index (χ2v) is 3.98. The second-order valence-electron chi connectivity index (χ2n) is 3.98. The van der Waals surface area contributed by atoms with Gasteiger partial charge in [0.25, 0.3) is 0 Å². The zero-order valence-electron chi connectivity index (χ0n) is 8.70. The first-order valence-electron chi connectivity index (χ1n) is 5.17. The van der Waals surface area contributed by atoms with E-state index in [2.05, 4.69) is 40.1 Å². The zero-order chi connectivity index (χ0) is 10.3. The van der Waals surface area contributed by atoms with Crippen LogP contribution in [0.4, 0.5) is 5.69 Å². The fraction of sp³-hybridized carbons (Fsp3) is 0.250. The molecular formula is C12H13N3. The summed E-state index contributed by atoms with van der Waals surface area (Å²) in [5.74, 6) is 0. The van der Waals surface area contributed by atoms with Crippen LogP contribution in [-0.4, -0.2) is 23.6 Å². The highest BCUT2D eigenvalue weighted by atomic mass is 15.1. The van der Waals surface area contributed by atoms with Crippen molar-refractivity contribution < 1.29 is 0 Å². The third-order valence-electron chi connectivity index (χ3n) is 3.02. The lowest BCUT2D eigenvalue weighted by Crippen LogP contribution is -2.12. The van der Waals surface area contributed by atoms with Gasteiger partial charge in [0.05, 0.1) is 18.2 Å². The van der Waals surface area contributed by atoms with Gasteiger partial charge in [0, 0.05) is 19.3 Å². The van der Waals surface area contributed by atoms with Crippen molar-refractivity contribution in [3.8, 4) is 11.3 Å². The highest BCUT2D eigenvalue weighted by Crippen LogP contribution is 2.30. The molecule has 2 heterocycles. The Morgan fingerprint density at radius 3 is 3.13 bits per heavy atom. The number of hydrogen-bond donors (Lipinski definition) is 1. The number of H-pyrrole nitrogens is 1. The molecule has 1 aliphatic rings. The summed E-state index contributed by atoms with van der Waals surface area (Å²) in [6.45, 7) is 1.13. The van der Waals surface area contributed by atoms with Crippen LogP contribution >= 0.6 is 0 Å². The highest BCUT2D eigenvalue weighted by molar-refractivity contribution is 5.67. The molecule has 0 amide bonds. The van der Waals surface area contributed by atoms with Gasteiger partial charge in [-0.25, -0.2) is 4.98 Å². The molecule has 3 nitrogen and oxygen atoms in total. The molecule has 76 valence electrons. The van der Waals surface area contributed by atoms with E-state index < -0.39 is 0 Å². The van der Waals surface area contributed by atoms with Crippen molar-refractivity contribution >= 4 is 5.69 Å². The van der Waals surface area contributed by atoms with Crippen LogP contribution in [0.2, 0.25) is 0 Å². The summed E-state index contributed by atoms with van der Waals surface area (Å²) in [6, 6.07) is 6.60. The number of aromatic amines is 1. The van der Waals surface area contributed by atoms with E-state index in [-0.39, 0.29) is 0 Å². The quantitative estimate of drug-likeness (QED) is 0.762. The Kier molecular flexibility index (Phi) is 1.78. The van der Waals surface area contributed by atoms with E-state index >= 15 is 0 Å². The van der Waals surface area contributed by atoms with E-state index in [1.807, 2.05) is 6.20 Å². The number of imidazole rings is 1. The van der Waals surface area contributed by atoms with E-state index in [9.17, 15) is 0 Å². The Morgan fingerprint density at radius 2 is 2.33 bits per heavy atom. The molecule has 0 unspecified atom stereocenters. The summed E-state index contributed by atoms with van der Waals surface area (Å²) < 4.78 is 0. The predicted octanol–water partition coefficient (Wildman–Crippen LogP) is 2.07. The molecule has 2 aromatic rings. The van der Waals surface area contributed by atoms with E-state index in [0.717, 1.165) is 18.7 Å². The molecule has 0 saturated carbocycles. The lowest BCUT2D eigenvalue weighted by Gasteiger charge is -2.11. The molecule has 3 rings (SSSR count). The number of nitrogens with zero attached hydrogens (tertiary/aromatic N) is 2. The van der Waals surface area contributed by atoms with Crippen molar-refractivity contribution in [1.29, 1.82) is 0 Å². The zero-order valence-corrected chi connectivity index (χ0v) is 8.70. The molecule has 15 heavy (non-hydrogen) atoms. The van der Waals surface area contributed by atoms with Gasteiger partial charge in [0.1, 0.15) is 0 Å². The maximum atomic E-state index is 4.04. The van der Waals surface area contributed by atoms with Crippen molar-refractivity contribution in [1.82, 2.24) is 9.97 Å². The fourth-order valence-corrected chi connectivity index (χ4v) is 2.15. The lowest BCUT2D eigenvalue weighted by molar-refractivity contribution is 0.956. The van der Waals surface area contributed by atoms with Crippen LogP contribution in [0.25, 0.3) is 11.3 Å². The second kappa shape index (κ2) is 3.12. The van der Waals surface area contributed by atoms with Crippen LogP contribution in [0.5, 0.6) is 0 Å². The molecule has 1 N–H and O–H groups in total. The standard InChI is InChI=1S/C12H13N3/c1-15-5-4-10-6-9(2-3-12(10)15)11-7-13-8-14-11/h2-3,6-8H,4-5H2,1H3,(H,13,14). The van der Waals surface area contributed by atoms with Gasteiger partial charge < -0.3 is 9.88 Å². The highest BCUT2D eigenvalue weighted by Gasteiger charge is 2.15. The summed E-state index contributed by atoms with van der Waals surface area (Å²) in [6.07, 6.45) is 4.73. The molecule has 0 spiro atoms. The SMILES string of the molecule is CN1CCc2cc(-c3cnc[nH]3)ccc21. The van der Waals surface area contributed by atoms with E-state index in [1.54, 1.807) is 6.33 Å². The fourth-order valence-electron chi connectivity index (χ4n) is 2.15. The minimum Gasteiger partial charge on any atom is -0.374 e. The van der Waals surface area contributed by atoms with Gasteiger partial charge in [-0.15, -0.1) is 0 Å². The van der Waals surface area contributed by atoms with Crippen LogP contribution in [0.15, 0.2) is 30.7 Å². The van der Waals surface area contributed by atoms with Crippen molar-refractivity contribution in [3.05, 3.63) is 36.3 Å². The maximum Gasteiger partial charge on any atom is 0.0924 e. The predicted molar refractivity (Wildman–Crippen MR) is 61.0 cm³/mol. The minimum atomic E-state index is 1.09. The van der Waals surface area contributed by atoms with Crippen LogP contribution in [0.3, 0.4) is 0 Å². The van der Waals surface area contributed by atoms with Gasteiger partial charge >= 0.3 is 0 Å². The van der Waals surface area contributed by atoms with E-state index in [4.69, 9.17) is 0 Å². The topological polar surface area (TPSA) is 31.9 Å². The van der Waals surface area contributed by atoms with Crippen LogP contribution < -0.4 is 4.90 Å². The number of likely N-dealkylation sites (N-methyl/N-ethyl adjacent to an activating group) is 1. The van der Waals surface area contributed by atoms with Crippen LogP contribution in [0.1, 0.15) is 5.56 Å². The molecule has 0 atom stereocenters. The van der Waals surface area contributed by atoms with Crippen LogP contribution in [-0.2, 0) is 6.42 Å². The van der Waals surface area contributed by atoms with Gasteiger partial charge in [-0.05, 0) is 29.7 Å². The van der Waals surface area contributed by atoms with Gasteiger partial charge in [-0.2, -0.15) is 0 Å². The molecule has 0 saturated heterocycles. The Bertz CT molecular complexity index is 474. The number of nitrogens with one attached hydrogen (secondary N) is 1. The average molecular weight is 199 g/mol. The third kappa shape index (κ3) is 1.31. The summed E-state index contributed by atoms with van der Waals surface area (Å²) in [7, 11) is 2.14. The maximum absolute atomic E-state index is 4.04. The van der Waals surface area contributed by atoms with Gasteiger partial charge in [-0.1, -0.05) is 6.07 Å². The number of hydrogen-bond acceptors (Lipinski definition) is 2. The molecule has 0 bridgehead atoms. The van der Waals surface area contributed by atoms with E-state index in [1.165, 1.54) is 16.8 Å². The number of aromatic nitrogens is 2. The number of anilines is 1. The normalized spacial score (nSPS) is 14.3. The lowest BCUT2D eigenvalue weighted by atomic mass is 10.1. The minimum absolute atomic E-state index is 1.09. The summed E-state index contributed by atoms with van der Waals surface area (Å²) in [5.41, 5.74) is 5.11.